The van der Waals surface area contributed by atoms with Gasteiger partial charge in [-0.3, -0.25) is 0 Å². The summed E-state index contributed by atoms with van der Waals surface area (Å²) >= 11 is 6.19. The van der Waals surface area contributed by atoms with E-state index < -0.39 is 50.3 Å². The number of urea groups is 1. The van der Waals surface area contributed by atoms with Crippen LogP contribution < -0.4 is 14.8 Å². The summed E-state index contributed by atoms with van der Waals surface area (Å²) in [6, 6.07) is 14.1. The van der Waals surface area contributed by atoms with Crippen molar-refractivity contribution in [1.82, 2.24) is 3.71 Å². The summed E-state index contributed by atoms with van der Waals surface area (Å²) in [7, 11) is -8.95. The Morgan fingerprint density at radius 2 is 1.69 bits per heavy atom. The molecule has 0 aliphatic carbocycles. The third kappa shape index (κ3) is 5.80. The quantitative estimate of drug-likeness (QED) is 0.356. The number of alkyl halides is 2. The van der Waals surface area contributed by atoms with E-state index >= 15 is 0 Å². The van der Waals surface area contributed by atoms with Gasteiger partial charge in [0.1, 0.15) is 17.6 Å². The van der Waals surface area contributed by atoms with Crippen LogP contribution in [0.15, 0.2) is 60.7 Å². The molecule has 0 radical (unpaired) electrons. The average Bonchev–Trinajstić information content (AvgIpc) is 2.87. The van der Waals surface area contributed by atoms with Crippen LogP contribution >= 0.6 is 11.6 Å². The fourth-order valence-corrected chi connectivity index (χ4v) is 7.37. The molecule has 0 aromatic heterocycles. The van der Waals surface area contributed by atoms with Crippen LogP contribution in [0.5, 0.6) is 11.5 Å². The zero-order chi connectivity index (χ0) is 28.5. The van der Waals surface area contributed by atoms with Gasteiger partial charge in [0.15, 0.2) is 0 Å². The molecular weight excluding hydrogens is 578 g/mol. The van der Waals surface area contributed by atoms with Crippen LogP contribution in [-0.4, -0.2) is 44.7 Å². The molecule has 3 aromatic rings. The molecule has 3 aromatic carbocycles. The standard InChI is InChI=1S/C25H23ClF2N2O7S2/c1-3-38(32,33)30(39(34,35)4-2)25(31)29-17-11-12-18-19(14-17)23(15-7-5-8-16(26)13-15)36-20-9-6-10-21(22(18)20)37-24(27)28/h5-14,23-24H,3-4H2,1-2H3,(H,29,31). The summed E-state index contributed by atoms with van der Waals surface area (Å²) < 4.78 is 87.0. The highest BCUT2D eigenvalue weighted by atomic mass is 35.5. The number of benzene rings is 3. The lowest BCUT2D eigenvalue weighted by molar-refractivity contribution is -0.0496. The molecule has 1 aliphatic heterocycles. The minimum atomic E-state index is -4.48. The molecule has 0 saturated carbocycles. The van der Waals surface area contributed by atoms with E-state index in [2.05, 4.69) is 5.32 Å². The molecule has 0 saturated heterocycles. The molecule has 14 heteroatoms. The largest absolute Gasteiger partial charge is 0.480 e. The molecule has 1 unspecified atom stereocenters. The smallest absolute Gasteiger partial charge is 0.387 e. The normalized spacial score (nSPS) is 14.7. The van der Waals surface area contributed by atoms with Crippen LogP contribution in [-0.2, 0) is 20.0 Å². The van der Waals surface area contributed by atoms with E-state index in [0.717, 1.165) is 0 Å². The van der Waals surface area contributed by atoms with Gasteiger partial charge in [0.05, 0.1) is 17.1 Å². The van der Waals surface area contributed by atoms with Crippen molar-refractivity contribution in [3.05, 3.63) is 76.8 Å². The molecule has 39 heavy (non-hydrogen) atoms. The number of halogens is 3. The highest BCUT2D eigenvalue weighted by Crippen LogP contribution is 2.50. The molecule has 1 atom stereocenters. The summed E-state index contributed by atoms with van der Waals surface area (Å²) in [5, 5.41) is 2.73. The number of hydrogen-bond donors (Lipinski definition) is 1. The Kier molecular flexibility index (Phi) is 8.05. The van der Waals surface area contributed by atoms with Gasteiger partial charge in [0.2, 0.25) is 0 Å². The van der Waals surface area contributed by atoms with Crippen molar-refractivity contribution in [1.29, 1.82) is 0 Å². The maximum Gasteiger partial charge on any atom is 0.387 e. The number of amides is 2. The van der Waals surface area contributed by atoms with Crippen molar-refractivity contribution in [2.24, 2.45) is 0 Å². The Hall–Kier alpha value is -3.42. The van der Waals surface area contributed by atoms with Crippen LogP contribution in [0.25, 0.3) is 11.1 Å². The lowest BCUT2D eigenvalue weighted by Crippen LogP contribution is -2.45. The second kappa shape index (κ2) is 11.0. The van der Waals surface area contributed by atoms with Crippen LogP contribution in [0.1, 0.15) is 31.1 Å². The SMILES string of the molecule is CCS(=O)(=O)N(C(=O)Nc1ccc2c(c1)C(c1cccc(Cl)c1)Oc1cccc(OC(F)F)c1-2)S(=O)(=O)CC. The molecule has 1 N–H and O–H groups in total. The number of nitrogens with one attached hydrogen (secondary N) is 1. The zero-order valence-electron chi connectivity index (χ0n) is 20.6. The number of anilines is 1. The van der Waals surface area contributed by atoms with E-state index in [1.165, 1.54) is 44.2 Å². The highest BCUT2D eigenvalue weighted by Gasteiger charge is 2.37. The molecule has 1 aliphatic rings. The molecule has 9 nitrogen and oxygen atoms in total. The monoisotopic (exact) mass is 600 g/mol. The maximum atomic E-state index is 13.2. The first kappa shape index (κ1) is 28.6. The minimum Gasteiger partial charge on any atom is -0.480 e. The van der Waals surface area contributed by atoms with Gasteiger partial charge in [-0.1, -0.05) is 35.9 Å². The Morgan fingerprint density at radius 1 is 1.03 bits per heavy atom. The topological polar surface area (TPSA) is 119 Å². The van der Waals surface area contributed by atoms with E-state index in [-0.39, 0.29) is 26.5 Å². The number of nitrogens with zero attached hydrogens (tertiary/aromatic N) is 1. The van der Waals surface area contributed by atoms with Gasteiger partial charge in [-0.2, -0.15) is 8.78 Å². The first-order valence-corrected chi connectivity index (χ1v) is 15.2. The van der Waals surface area contributed by atoms with Crippen LogP contribution in [0, 0.1) is 0 Å². The van der Waals surface area contributed by atoms with Gasteiger partial charge < -0.3 is 14.8 Å². The second-order valence-corrected chi connectivity index (χ2v) is 13.2. The molecule has 2 amide bonds. The zero-order valence-corrected chi connectivity index (χ0v) is 23.0. The second-order valence-electron chi connectivity index (χ2n) is 8.29. The van der Waals surface area contributed by atoms with Crippen molar-refractivity contribution in [3.63, 3.8) is 0 Å². The van der Waals surface area contributed by atoms with Crippen molar-refractivity contribution >= 4 is 43.4 Å². The predicted octanol–water partition coefficient (Wildman–Crippen LogP) is 5.62. The van der Waals surface area contributed by atoms with Gasteiger partial charge in [-0.15, -0.1) is 3.71 Å². The van der Waals surface area contributed by atoms with Crippen LogP contribution in [0.3, 0.4) is 0 Å². The first-order chi connectivity index (χ1) is 18.4. The number of carbonyl (C=O) groups excluding carboxylic acids is 1. The van der Waals surface area contributed by atoms with E-state index in [1.54, 1.807) is 30.3 Å². The number of sulfonamides is 2. The lowest BCUT2D eigenvalue weighted by atomic mass is 9.88. The molecule has 0 bridgehead atoms. The van der Waals surface area contributed by atoms with E-state index in [4.69, 9.17) is 21.1 Å². The summed E-state index contributed by atoms with van der Waals surface area (Å²) in [5.74, 6) is -1.13. The molecule has 0 fully saturated rings. The fourth-order valence-electron chi connectivity index (χ4n) is 4.09. The van der Waals surface area contributed by atoms with Crippen LogP contribution in [0.2, 0.25) is 5.02 Å². The number of rotatable bonds is 8. The molecule has 0 spiro atoms. The van der Waals surface area contributed by atoms with Gasteiger partial charge in [-0.25, -0.2) is 21.6 Å². The van der Waals surface area contributed by atoms with Gasteiger partial charge in [-0.05, 0) is 61.4 Å². The summed E-state index contributed by atoms with van der Waals surface area (Å²) in [5.41, 5.74) is 1.72. The van der Waals surface area contributed by atoms with Crippen LogP contribution in [0.4, 0.5) is 19.3 Å². The van der Waals surface area contributed by atoms with E-state index in [0.29, 0.717) is 21.7 Å². The number of carbonyl (C=O) groups is 1. The number of fused-ring (bicyclic) bond motifs is 3. The van der Waals surface area contributed by atoms with E-state index in [1.807, 2.05) is 0 Å². The maximum absolute atomic E-state index is 13.2. The summed E-state index contributed by atoms with van der Waals surface area (Å²) in [6.07, 6.45) is -0.820. The van der Waals surface area contributed by atoms with Gasteiger partial charge in [0, 0.05) is 16.3 Å². The molecule has 4 rings (SSSR count). The predicted molar refractivity (Wildman–Crippen MR) is 142 cm³/mol. The van der Waals surface area contributed by atoms with Gasteiger partial charge >= 0.3 is 12.6 Å². The first-order valence-electron chi connectivity index (χ1n) is 11.6. The summed E-state index contributed by atoms with van der Waals surface area (Å²) in [6.45, 7) is -0.678. The Bertz CT molecular complexity index is 1600. The van der Waals surface area contributed by atoms with E-state index in [9.17, 15) is 30.4 Å². The molecule has 208 valence electrons. The fraction of sp³-hybridized carbons (Fsp3) is 0.240. The Balaban J connectivity index is 1.84. The summed E-state index contributed by atoms with van der Waals surface area (Å²) in [4.78, 5) is 13.0. The number of ether oxygens (including phenoxy) is 2. The molecular formula is C25H23ClF2N2O7S2. The average molecular weight is 601 g/mol. The Morgan fingerprint density at radius 3 is 2.31 bits per heavy atom. The van der Waals surface area contributed by atoms with Crippen molar-refractivity contribution in [3.8, 4) is 22.6 Å². The van der Waals surface area contributed by atoms with Crippen molar-refractivity contribution in [2.45, 2.75) is 26.6 Å². The molecule has 1 heterocycles. The minimum absolute atomic E-state index is 0.0349. The number of hydrogen-bond acceptors (Lipinski definition) is 7. The third-order valence-electron chi connectivity index (χ3n) is 5.86. The lowest BCUT2D eigenvalue weighted by Gasteiger charge is -2.31. The van der Waals surface area contributed by atoms with Crippen molar-refractivity contribution < 1.29 is 39.9 Å². The Labute approximate surface area is 229 Å². The third-order valence-corrected chi connectivity index (χ3v) is 10.3. The highest BCUT2D eigenvalue weighted by molar-refractivity contribution is 8.04. The van der Waals surface area contributed by atoms with Gasteiger partial charge in [0.25, 0.3) is 20.0 Å². The van der Waals surface area contributed by atoms with Crippen molar-refractivity contribution in [2.75, 3.05) is 16.8 Å².